The molecule has 166 valence electrons. The molecule has 0 radical (unpaired) electrons. The van der Waals surface area contributed by atoms with E-state index in [1.165, 1.54) is 0 Å². The van der Waals surface area contributed by atoms with Crippen molar-refractivity contribution in [1.82, 2.24) is 15.0 Å². The molecular weight excluding hydrogens is 428 g/mol. The summed E-state index contributed by atoms with van der Waals surface area (Å²) in [6.45, 7) is 0.392. The zero-order chi connectivity index (χ0) is 22.5. The second-order valence-corrected chi connectivity index (χ2v) is 8.23. The van der Waals surface area contributed by atoms with Crippen molar-refractivity contribution in [3.63, 3.8) is 0 Å². The molecule has 1 aliphatic rings. The smallest absolute Gasteiger partial charge is 0.180 e. The van der Waals surface area contributed by atoms with Gasteiger partial charge in [-0.2, -0.15) is 0 Å². The lowest BCUT2D eigenvalue weighted by Crippen LogP contribution is -2.28. The summed E-state index contributed by atoms with van der Waals surface area (Å²) >= 11 is 5.94. The molecule has 0 spiro atoms. The molecule has 1 aliphatic carbocycles. The largest absolute Gasteiger partial charge is 0.491 e. The number of halogens is 1. The summed E-state index contributed by atoms with van der Waals surface area (Å²) in [5, 5.41) is 9.64. The number of rotatable bonds is 9. The van der Waals surface area contributed by atoms with Gasteiger partial charge in [-0.1, -0.05) is 23.7 Å². The number of nitrogens with zero attached hydrogens (tertiary/aromatic N) is 4. The van der Waals surface area contributed by atoms with Gasteiger partial charge in [-0.25, -0.2) is 9.97 Å². The lowest BCUT2D eigenvalue weighted by molar-refractivity contribution is -0.117. The molecule has 2 heterocycles. The van der Waals surface area contributed by atoms with E-state index in [-0.39, 0.29) is 25.5 Å². The number of carbonyl (C=O) groups excluding carboxylic acids is 1. The number of aryl methyl sites for hydroxylation is 1. The van der Waals surface area contributed by atoms with Crippen LogP contribution in [0.5, 0.6) is 5.75 Å². The average molecular weight is 453 g/mol. The number of ether oxygens (including phenoxy) is 1. The molecule has 0 fully saturated rings. The molecule has 1 N–H and O–H groups in total. The minimum atomic E-state index is -0.0635. The van der Waals surface area contributed by atoms with Crippen LogP contribution in [0.3, 0.4) is 0 Å². The first kappa shape index (κ1) is 22.2. The molecule has 32 heavy (non-hydrogen) atoms. The summed E-state index contributed by atoms with van der Waals surface area (Å²) in [5.74, 6) is 1.97. The summed E-state index contributed by atoms with van der Waals surface area (Å²) in [6.07, 6.45) is 4.77. The Hall–Kier alpha value is -3.03. The Morgan fingerprint density at radius 3 is 2.78 bits per heavy atom. The van der Waals surface area contributed by atoms with Gasteiger partial charge in [0, 0.05) is 42.0 Å². The number of hydrogen-bond donors (Lipinski definition) is 1. The molecule has 0 saturated carbocycles. The Balaban J connectivity index is 1.56. The first-order chi connectivity index (χ1) is 15.5. The van der Waals surface area contributed by atoms with Crippen LogP contribution in [-0.4, -0.2) is 52.6 Å². The van der Waals surface area contributed by atoms with Crippen LogP contribution in [0.4, 0.5) is 5.82 Å². The standard InChI is InChI=1S/C24H25ClN4O3/c1-29(15-18(31)13-16-5-7-17(25)8-6-16)24-20-3-2-4-21(20)27-23(28-24)22-14-19(9-10-26-22)32-12-11-30/h5-10,14,30H,2-4,11-13,15H2,1H3. The monoisotopic (exact) mass is 452 g/mol. The van der Waals surface area contributed by atoms with E-state index in [0.717, 1.165) is 41.9 Å². The van der Waals surface area contributed by atoms with Gasteiger partial charge in [0.05, 0.1) is 13.2 Å². The minimum Gasteiger partial charge on any atom is -0.491 e. The predicted octanol–water partition coefficient (Wildman–Crippen LogP) is 3.30. The first-order valence-corrected chi connectivity index (χ1v) is 11.0. The molecule has 0 saturated heterocycles. The SMILES string of the molecule is CN(CC(=O)Cc1ccc(Cl)cc1)c1nc(-c2cc(OCCO)ccn2)nc2c1CCC2. The van der Waals surface area contributed by atoms with Crippen LogP contribution in [0.25, 0.3) is 11.5 Å². The van der Waals surface area contributed by atoms with E-state index in [2.05, 4.69) is 4.98 Å². The highest BCUT2D eigenvalue weighted by molar-refractivity contribution is 6.30. The van der Waals surface area contributed by atoms with E-state index in [4.69, 9.17) is 31.4 Å². The van der Waals surface area contributed by atoms with Crippen LogP contribution in [0.2, 0.25) is 5.02 Å². The highest BCUT2D eigenvalue weighted by atomic mass is 35.5. The van der Waals surface area contributed by atoms with E-state index in [9.17, 15) is 4.79 Å². The number of hydrogen-bond acceptors (Lipinski definition) is 7. The third-order valence-corrected chi connectivity index (χ3v) is 5.57. The highest BCUT2D eigenvalue weighted by Gasteiger charge is 2.23. The van der Waals surface area contributed by atoms with Gasteiger partial charge in [0.1, 0.15) is 23.9 Å². The maximum absolute atomic E-state index is 12.7. The molecule has 4 rings (SSSR count). The molecule has 0 atom stereocenters. The maximum Gasteiger partial charge on any atom is 0.180 e. The number of benzene rings is 1. The summed E-state index contributed by atoms with van der Waals surface area (Å²) < 4.78 is 5.50. The van der Waals surface area contributed by atoms with Gasteiger partial charge in [-0.15, -0.1) is 0 Å². The number of ketones is 1. The molecule has 1 aromatic carbocycles. The molecular formula is C24H25ClN4O3. The van der Waals surface area contributed by atoms with E-state index < -0.39 is 0 Å². The average Bonchev–Trinajstić information content (AvgIpc) is 3.27. The Labute approximate surface area is 192 Å². The fourth-order valence-electron chi connectivity index (χ4n) is 3.85. The van der Waals surface area contributed by atoms with E-state index in [1.807, 2.05) is 24.1 Å². The first-order valence-electron chi connectivity index (χ1n) is 10.6. The van der Waals surface area contributed by atoms with E-state index in [1.54, 1.807) is 30.5 Å². The molecule has 0 aliphatic heterocycles. The van der Waals surface area contributed by atoms with Crippen molar-refractivity contribution in [2.45, 2.75) is 25.7 Å². The van der Waals surface area contributed by atoms with Crippen LogP contribution >= 0.6 is 11.6 Å². The normalized spacial score (nSPS) is 12.5. The lowest BCUT2D eigenvalue weighted by Gasteiger charge is -2.21. The summed E-state index contributed by atoms with van der Waals surface area (Å²) in [4.78, 5) is 28.5. The van der Waals surface area contributed by atoms with Gasteiger partial charge in [-0.05, 0) is 43.0 Å². The van der Waals surface area contributed by atoms with Crippen molar-refractivity contribution < 1.29 is 14.6 Å². The molecule has 0 amide bonds. The second-order valence-electron chi connectivity index (χ2n) is 7.80. The molecule has 7 nitrogen and oxygen atoms in total. The quantitative estimate of drug-likeness (QED) is 0.532. The van der Waals surface area contributed by atoms with Gasteiger partial charge in [-0.3, -0.25) is 9.78 Å². The maximum atomic E-state index is 12.7. The Morgan fingerprint density at radius 1 is 1.19 bits per heavy atom. The zero-order valence-corrected chi connectivity index (χ0v) is 18.7. The van der Waals surface area contributed by atoms with Crippen LogP contribution in [0.15, 0.2) is 42.6 Å². The second kappa shape index (κ2) is 10.1. The van der Waals surface area contributed by atoms with Crippen LogP contribution < -0.4 is 9.64 Å². The van der Waals surface area contributed by atoms with Crippen molar-refractivity contribution in [2.24, 2.45) is 0 Å². The zero-order valence-electron chi connectivity index (χ0n) is 17.9. The molecule has 8 heteroatoms. The lowest BCUT2D eigenvalue weighted by atomic mass is 10.1. The number of likely N-dealkylation sites (N-methyl/N-ethyl adjacent to an activating group) is 1. The number of fused-ring (bicyclic) bond motifs is 1. The van der Waals surface area contributed by atoms with Gasteiger partial charge in [0.2, 0.25) is 0 Å². The van der Waals surface area contributed by atoms with Crippen LogP contribution in [0.1, 0.15) is 23.2 Å². The van der Waals surface area contributed by atoms with Crippen molar-refractivity contribution in [2.75, 3.05) is 31.7 Å². The highest BCUT2D eigenvalue weighted by Crippen LogP contribution is 2.31. The van der Waals surface area contributed by atoms with Gasteiger partial charge in [0.15, 0.2) is 11.6 Å². The fraction of sp³-hybridized carbons (Fsp3) is 0.333. The van der Waals surface area contributed by atoms with Gasteiger partial charge < -0.3 is 14.7 Å². The Kier molecular flexibility index (Phi) is 6.97. The number of Topliss-reactive ketones (excluding diaryl/α,β-unsaturated/α-hetero) is 1. The topological polar surface area (TPSA) is 88.4 Å². The van der Waals surface area contributed by atoms with E-state index >= 15 is 0 Å². The molecule has 3 aromatic rings. The number of aliphatic hydroxyl groups excluding tert-OH is 1. The minimum absolute atomic E-state index is 0.0635. The Morgan fingerprint density at radius 2 is 2.00 bits per heavy atom. The van der Waals surface area contributed by atoms with Crippen molar-refractivity contribution in [3.8, 4) is 17.3 Å². The predicted molar refractivity (Wildman–Crippen MR) is 123 cm³/mol. The van der Waals surface area contributed by atoms with Crippen LogP contribution in [0, 0.1) is 0 Å². The summed E-state index contributed by atoms with van der Waals surface area (Å²) in [5.41, 5.74) is 3.64. The molecule has 0 unspecified atom stereocenters. The van der Waals surface area contributed by atoms with Crippen LogP contribution in [-0.2, 0) is 24.1 Å². The summed E-state index contributed by atoms with van der Waals surface area (Å²) in [6, 6.07) is 10.8. The molecule has 0 bridgehead atoms. The van der Waals surface area contributed by atoms with Crippen molar-refractivity contribution >= 4 is 23.2 Å². The summed E-state index contributed by atoms with van der Waals surface area (Å²) in [7, 11) is 1.89. The van der Waals surface area contributed by atoms with Crippen molar-refractivity contribution in [3.05, 3.63) is 64.4 Å². The van der Waals surface area contributed by atoms with Crippen molar-refractivity contribution in [1.29, 1.82) is 0 Å². The van der Waals surface area contributed by atoms with E-state index in [0.29, 0.717) is 28.7 Å². The number of aromatic nitrogens is 3. The number of anilines is 1. The number of aliphatic hydroxyl groups is 1. The molecule has 2 aromatic heterocycles. The third-order valence-electron chi connectivity index (χ3n) is 5.32. The fourth-order valence-corrected chi connectivity index (χ4v) is 3.98. The number of carbonyl (C=O) groups is 1. The Bertz CT molecular complexity index is 1100. The van der Waals surface area contributed by atoms with Gasteiger partial charge >= 0.3 is 0 Å². The van der Waals surface area contributed by atoms with Gasteiger partial charge in [0.25, 0.3) is 0 Å². The number of pyridine rings is 1. The third kappa shape index (κ3) is 5.23.